The molecule has 0 aliphatic heterocycles. The van der Waals surface area contributed by atoms with Gasteiger partial charge in [-0.15, -0.1) is 11.8 Å². The summed E-state index contributed by atoms with van der Waals surface area (Å²) in [6.45, 7) is 2.73. The Labute approximate surface area is 239 Å². The first-order valence-electron chi connectivity index (χ1n) is 14.4. The Bertz CT molecular complexity index is 983. The topological polar surface area (TPSA) is 84.9 Å². The molecular formula is C32H47NO5S. The summed E-state index contributed by atoms with van der Waals surface area (Å²) in [5.74, 6) is -0.506. The number of rotatable bonds is 20. The molecule has 2 rings (SSSR count). The highest BCUT2D eigenvalue weighted by molar-refractivity contribution is 7.99. The summed E-state index contributed by atoms with van der Waals surface area (Å²) in [6, 6.07) is 16.6. The number of hydrogen-bond donors (Lipinski definition) is 2. The molecule has 0 bridgehead atoms. The van der Waals surface area contributed by atoms with Crippen LogP contribution in [-0.4, -0.2) is 43.9 Å². The molecule has 0 aliphatic carbocycles. The Kier molecular flexibility index (Phi) is 16.4. The van der Waals surface area contributed by atoms with Gasteiger partial charge in [0.25, 0.3) is 0 Å². The van der Waals surface area contributed by atoms with E-state index >= 15 is 0 Å². The van der Waals surface area contributed by atoms with E-state index in [1.807, 2.05) is 24.3 Å². The fourth-order valence-corrected chi connectivity index (χ4v) is 5.75. The molecule has 0 saturated heterocycles. The van der Waals surface area contributed by atoms with Gasteiger partial charge in [0, 0.05) is 23.5 Å². The van der Waals surface area contributed by atoms with E-state index in [-0.39, 0.29) is 17.2 Å². The zero-order chi connectivity index (χ0) is 28.3. The molecule has 7 heteroatoms. The van der Waals surface area contributed by atoms with E-state index in [0.29, 0.717) is 32.2 Å². The van der Waals surface area contributed by atoms with E-state index in [4.69, 9.17) is 9.47 Å². The van der Waals surface area contributed by atoms with Crippen LogP contribution in [-0.2, 0) is 25.5 Å². The molecule has 0 radical (unpaired) electrons. The lowest BCUT2D eigenvalue weighted by atomic mass is 9.98. The zero-order valence-corrected chi connectivity index (χ0v) is 24.8. The first-order valence-corrected chi connectivity index (χ1v) is 15.3. The maximum Gasteiger partial charge on any atom is 0.307 e. The fraction of sp³-hybridized carbons (Fsp3) is 0.562. The van der Waals surface area contributed by atoms with Crippen molar-refractivity contribution in [2.75, 3.05) is 26.1 Å². The Morgan fingerprint density at radius 2 is 1.56 bits per heavy atom. The fourth-order valence-electron chi connectivity index (χ4n) is 4.53. The molecule has 2 aromatic carbocycles. The Balaban J connectivity index is 2.09. The summed E-state index contributed by atoms with van der Waals surface area (Å²) in [4.78, 5) is 24.1. The number of thioether (sulfide) groups is 1. The van der Waals surface area contributed by atoms with Crippen molar-refractivity contribution in [1.29, 1.82) is 0 Å². The van der Waals surface area contributed by atoms with Crippen LogP contribution in [0.2, 0.25) is 0 Å². The number of aliphatic hydroxyl groups excluding tert-OH is 1. The van der Waals surface area contributed by atoms with Crippen molar-refractivity contribution in [3.63, 3.8) is 0 Å². The van der Waals surface area contributed by atoms with Gasteiger partial charge in [-0.3, -0.25) is 9.59 Å². The number of carbonyl (C=O) groups excluding carboxylic acids is 2. The van der Waals surface area contributed by atoms with Crippen molar-refractivity contribution in [3.8, 4) is 0 Å². The van der Waals surface area contributed by atoms with E-state index in [0.717, 1.165) is 22.6 Å². The lowest BCUT2D eigenvalue weighted by Gasteiger charge is -2.24. The van der Waals surface area contributed by atoms with Crippen LogP contribution in [0.25, 0.3) is 0 Å². The minimum atomic E-state index is -0.621. The summed E-state index contributed by atoms with van der Waals surface area (Å²) in [5.41, 5.74) is 3.30. The first-order chi connectivity index (χ1) is 19.0. The lowest BCUT2D eigenvalue weighted by Crippen LogP contribution is -2.17. The van der Waals surface area contributed by atoms with E-state index < -0.39 is 6.10 Å². The molecule has 2 atom stereocenters. The van der Waals surface area contributed by atoms with Crippen LogP contribution < -0.4 is 5.32 Å². The maximum absolute atomic E-state index is 11.6. The summed E-state index contributed by atoms with van der Waals surface area (Å²) in [5, 5.41) is 14.4. The van der Waals surface area contributed by atoms with Crippen molar-refractivity contribution in [2.45, 2.75) is 100 Å². The highest BCUT2D eigenvalue weighted by atomic mass is 32.2. The average molecular weight is 558 g/mol. The van der Waals surface area contributed by atoms with Crippen molar-refractivity contribution in [2.24, 2.45) is 0 Å². The number of anilines is 1. The molecule has 216 valence electrons. The zero-order valence-electron chi connectivity index (χ0n) is 24.0. The summed E-state index contributed by atoms with van der Waals surface area (Å²) < 4.78 is 9.48. The van der Waals surface area contributed by atoms with Gasteiger partial charge in [0.2, 0.25) is 0 Å². The number of carbonyl (C=O) groups is 2. The van der Waals surface area contributed by atoms with Crippen molar-refractivity contribution >= 4 is 29.4 Å². The van der Waals surface area contributed by atoms with Gasteiger partial charge in [-0.2, -0.15) is 0 Å². The largest absolute Gasteiger partial charge is 0.469 e. The molecule has 0 aliphatic rings. The van der Waals surface area contributed by atoms with E-state index in [2.05, 4.69) is 36.5 Å². The first kappa shape index (κ1) is 32.7. The smallest absolute Gasteiger partial charge is 0.307 e. The van der Waals surface area contributed by atoms with Gasteiger partial charge in [-0.25, -0.2) is 0 Å². The van der Waals surface area contributed by atoms with E-state index in [9.17, 15) is 14.7 Å². The highest BCUT2D eigenvalue weighted by Gasteiger charge is 2.23. The van der Waals surface area contributed by atoms with Gasteiger partial charge in [0.05, 0.1) is 32.0 Å². The molecule has 0 saturated carbocycles. The van der Waals surface area contributed by atoms with Crippen LogP contribution in [0.3, 0.4) is 0 Å². The maximum atomic E-state index is 11.6. The van der Waals surface area contributed by atoms with Gasteiger partial charge in [-0.1, -0.05) is 75.8 Å². The van der Waals surface area contributed by atoms with Gasteiger partial charge >= 0.3 is 11.9 Å². The molecule has 2 unspecified atom stereocenters. The number of esters is 2. The van der Waals surface area contributed by atoms with Crippen LogP contribution >= 0.6 is 11.8 Å². The van der Waals surface area contributed by atoms with E-state index in [1.165, 1.54) is 64.7 Å². The second-order valence-electron chi connectivity index (χ2n) is 9.97. The number of unbranched alkanes of at least 4 members (excludes halogenated alkanes) is 6. The number of aliphatic hydroxyl groups is 1. The Morgan fingerprint density at radius 1 is 0.872 bits per heavy atom. The highest BCUT2D eigenvalue weighted by Crippen LogP contribution is 2.40. The number of methoxy groups -OCH3 is 2. The van der Waals surface area contributed by atoms with Gasteiger partial charge in [-0.05, 0) is 55.0 Å². The second kappa shape index (κ2) is 19.5. The molecule has 0 aromatic heterocycles. The van der Waals surface area contributed by atoms with E-state index in [1.54, 1.807) is 11.8 Å². The van der Waals surface area contributed by atoms with Crippen LogP contribution in [0.4, 0.5) is 5.69 Å². The predicted octanol–water partition coefficient (Wildman–Crippen LogP) is 7.49. The summed E-state index contributed by atoms with van der Waals surface area (Å²) >= 11 is 1.62. The third-order valence-electron chi connectivity index (χ3n) is 6.79. The molecule has 6 nitrogen and oxygen atoms in total. The third-order valence-corrected chi connectivity index (χ3v) is 8.16. The standard InChI is InChI=1S/C32H47NO5S/c1-4-5-6-7-8-9-10-14-25-15-11-16-26(23-25)32(29(34)19-13-20-30(35)37-2)39-28-18-12-17-27(24-28)33-22-21-31(36)38-3/h11-12,15-18,23-24,29,32-34H,4-10,13-14,19-22H2,1-3H3. The predicted molar refractivity (Wildman–Crippen MR) is 160 cm³/mol. The third kappa shape index (κ3) is 13.4. The molecule has 0 fully saturated rings. The van der Waals surface area contributed by atoms with Crippen LogP contribution in [0.15, 0.2) is 53.4 Å². The number of nitrogens with one attached hydrogen (secondary N) is 1. The van der Waals surface area contributed by atoms with Crippen molar-refractivity contribution in [1.82, 2.24) is 0 Å². The van der Waals surface area contributed by atoms with Gasteiger partial charge in [0.1, 0.15) is 0 Å². The molecule has 0 spiro atoms. The lowest BCUT2D eigenvalue weighted by molar-refractivity contribution is -0.141. The quantitative estimate of drug-likeness (QED) is 0.0991. The Hall–Kier alpha value is -2.51. The monoisotopic (exact) mass is 557 g/mol. The van der Waals surface area contributed by atoms with Crippen molar-refractivity contribution < 1.29 is 24.2 Å². The second-order valence-corrected chi connectivity index (χ2v) is 11.2. The number of benzene rings is 2. The van der Waals surface area contributed by atoms with Gasteiger partial charge < -0.3 is 19.9 Å². The van der Waals surface area contributed by atoms with Crippen LogP contribution in [0.5, 0.6) is 0 Å². The minimum absolute atomic E-state index is 0.179. The minimum Gasteiger partial charge on any atom is -0.469 e. The van der Waals surface area contributed by atoms with Crippen LogP contribution in [0.1, 0.15) is 93.9 Å². The summed E-state index contributed by atoms with van der Waals surface area (Å²) in [7, 11) is 2.78. The Morgan fingerprint density at radius 3 is 2.31 bits per heavy atom. The molecule has 2 aromatic rings. The SMILES string of the molecule is CCCCCCCCCc1cccc(C(Sc2cccc(NCCC(=O)OC)c2)C(O)CCCC(=O)OC)c1. The normalized spacial score (nSPS) is 12.5. The molecule has 0 amide bonds. The molecule has 0 heterocycles. The number of aryl methyl sites for hydroxylation is 1. The van der Waals surface area contributed by atoms with Gasteiger partial charge in [0.15, 0.2) is 0 Å². The molecule has 39 heavy (non-hydrogen) atoms. The number of ether oxygens (including phenoxy) is 2. The number of hydrogen-bond acceptors (Lipinski definition) is 7. The molecule has 2 N–H and O–H groups in total. The van der Waals surface area contributed by atoms with Crippen LogP contribution in [0, 0.1) is 0 Å². The van der Waals surface area contributed by atoms with Crippen molar-refractivity contribution in [3.05, 3.63) is 59.7 Å². The summed E-state index contributed by atoms with van der Waals surface area (Å²) in [6.07, 6.45) is 11.1. The average Bonchev–Trinajstić information content (AvgIpc) is 2.95. The molecular weight excluding hydrogens is 510 g/mol.